The molecule has 0 atom stereocenters. The molecule has 0 fully saturated rings. The first-order valence-corrected chi connectivity index (χ1v) is 4.71. The molecule has 0 spiro atoms. The van der Waals surface area contributed by atoms with E-state index in [-0.39, 0.29) is 0 Å². The van der Waals surface area contributed by atoms with Crippen LogP contribution in [0.1, 0.15) is 0 Å². The molecule has 4 nitrogen and oxygen atoms in total. The van der Waals surface area contributed by atoms with Gasteiger partial charge in [-0.05, 0) is 12.1 Å². The average Bonchev–Trinajstić information content (AvgIpc) is 2.85. The van der Waals surface area contributed by atoms with E-state index in [2.05, 4.69) is 15.2 Å². The maximum absolute atomic E-state index is 5.83. The maximum Gasteiger partial charge on any atom is 0.0886 e. The van der Waals surface area contributed by atoms with Crippen LogP contribution in [0.5, 0.6) is 0 Å². The fourth-order valence-corrected chi connectivity index (χ4v) is 1.81. The predicted molar refractivity (Wildman–Crippen MR) is 60.3 cm³/mol. The van der Waals surface area contributed by atoms with E-state index in [1.165, 1.54) is 0 Å². The molecule has 0 bridgehead atoms. The number of rotatable bonds is 1. The number of hydrogen-bond donors (Lipinski definition) is 3. The van der Waals surface area contributed by atoms with Crippen molar-refractivity contribution >= 4 is 16.6 Å². The van der Waals surface area contributed by atoms with E-state index in [1.807, 2.05) is 30.5 Å². The highest BCUT2D eigenvalue weighted by Gasteiger charge is 2.08. The Labute approximate surface area is 86.1 Å². The molecule has 0 unspecified atom stereocenters. The summed E-state index contributed by atoms with van der Waals surface area (Å²) in [6.45, 7) is 0. The number of aromatic amines is 2. The summed E-state index contributed by atoms with van der Waals surface area (Å²) in [7, 11) is 0. The van der Waals surface area contributed by atoms with Gasteiger partial charge in [0.25, 0.3) is 0 Å². The second-order valence-corrected chi connectivity index (χ2v) is 3.44. The number of nitrogens with zero attached hydrogens (tertiary/aromatic N) is 1. The lowest BCUT2D eigenvalue weighted by molar-refractivity contribution is 1.10. The van der Waals surface area contributed by atoms with Crippen molar-refractivity contribution in [3.05, 3.63) is 36.7 Å². The van der Waals surface area contributed by atoms with Crippen LogP contribution >= 0.6 is 0 Å². The van der Waals surface area contributed by atoms with Crippen molar-refractivity contribution in [1.82, 2.24) is 15.2 Å². The summed E-state index contributed by atoms with van der Waals surface area (Å²) in [5.74, 6) is 0. The molecule has 74 valence electrons. The third kappa shape index (κ3) is 1.11. The van der Waals surface area contributed by atoms with Gasteiger partial charge < -0.3 is 10.7 Å². The summed E-state index contributed by atoms with van der Waals surface area (Å²) < 4.78 is 0. The van der Waals surface area contributed by atoms with Gasteiger partial charge in [0.2, 0.25) is 0 Å². The lowest BCUT2D eigenvalue weighted by Gasteiger charge is -2.01. The van der Waals surface area contributed by atoms with E-state index in [0.29, 0.717) is 5.69 Å². The van der Waals surface area contributed by atoms with Crippen molar-refractivity contribution in [3.8, 4) is 11.3 Å². The van der Waals surface area contributed by atoms with Crippen LogP contribution in [0, 0.1) is 0 Å². The van der Waals surface area contributed by atoms with Crippen LogP contribution in [0.4, 0.5) is 5.69 Å². The molecular formula is C11H10N4. The standard InChI is InChI=1S/C11H10N4/c12-9-6-14-15-11(9)8-2-1-3-10-7(8)4-5-13-10/h1-6,13H,12H2,(H,14,15). The number of nitrogens with one attached hydrogen (secondary N) is 2. The molecule has 0 saturated heterocycles. The third-order valence-electron chi connectivity index (χ3n) is 2.53. The van der Waals surface area contributed by atoms with E-state index in [0.717, 1.165) is 22.2 Å². The number of anilines is 1. The topological polar surface area (TPSA) is 70.5 Å². The van der Waals surface area contributed by atoms with Gasteiger partial charge in [0.05, 0.1) is 17.6 Å². The highest BCUT2D eigenvalue weighted by atomic mass is 15.1. The SMILES string of the molecule is Nc1cn[nH]c1-c1cccc2[nH]ccc12. The highest BCUT2D eigenvalue weighted by molar-refractivity contribution is 5.96. The summed E-state index contributed by atoms with van der Waals surface area (Å²) in [5, 5.41) is 7.99. The van der Waals surface area contributed by atoms with Gasteiger partial charge in [-0.25, -0.2) is 0 Å². The van der Waals surface area contributed by atoms with E-state index < -0.39 is 0 Å². The van der Waals surface area contributed by atoms with Crippen molar-refractivity contribution in [2.45, 2.75) is 0 Å². The molecule has 0 aliphatic carbocycles. The van der Waals surface area contributed by atoms with E-state index in [9.17, 15) is 0 Å². The van der Waals surface area contributed by atoms with Gasteiger partial charge in [0.15, 0.2) is 0 Å². The fourth-order valence-electron chi connectivity index (χ4n) is 1.81. The lowest BCUT2D eigenvalue weighted by atomic mass is 10.1. The molecule has 1 aromatic carbocycles. The molecular weight excluding hydrogens is 188 g/mol. The Bertz CT molecular complexity index is 606. The second kappa shape index (κ2) is 2.88. The molecule has 0 aliphatic rings. The predicted octanol–water partition coefficient (Wildman–Crippen LogP) is 2.14. The van der Waals surface area contributed by atoms with Crippen LogP contribution in [0.2, 0.25) is 0 Å². The molecule has 0 aliphatic heterocycles. The molecule has 4 N–H and O–H groups in total. The van der Waals surface area contributed by atoms with Gasteiger partial charge in [-0.3, -0.25) is 5.10 Å². The summed E-state index contributed by atoms with van der Waals surface area (Å²) >= 11 is 0. The smallest absolute Gasteiger partial charge is 0.0886 e. The van der Waals surface area contributed by atoms with Crippen LogP contribution in [-0.4, -0.2) is 15.2 Å². The Hall–Kier alpha value is -2.23. The van der Waals surface area contributed by atoms with Crippen molar-refractivity contribution < 1.29 is 0 Å². The fraction of sp³-hybridized carbons (Fsp3) is 0. The Kier molecular flexibility index (Phi) is 1.56. The monoisotopic (exact) mass is 198 g/mol. The second-order valence-electron chi connectivity index (χ2n) is 3.44. The van der Waals surface area contributed by atoms with Gasteiger partial charge in [-0.1, -0.05) is 12.1 Å². The van der Waals surface area contributed by atoms with Crippen molar-refractivity contribution in [2.24, 2.45) is 0 Å². The first-order chi connectivity index (χ1) is 7.36. The maximum atomic E-state index is 5.83. The summed E-state index contributed by atoms with van der Waals surface area (Å²) in [4.78, 5) is 3.17. The molecule has 15 heavy (non-hydrogen) atoms. The minimum Gasteiger partial charge on any atom is -0.396 e. The number of hydrogen-bond acceptors (Lipinski definition) is 2. The number of aromatic nitrogens is 3. The average molecular weight is 198 g/mol. The molecule has 0 amide bonds. The Morgan fingerprint density at radius 3 is 2.93 bits per heavy atom. The highest BCUT2D eigenvalue weighted by Crippen LogP contribution is 2.29. The molecule has 2 heterocycles. The molecule has 0 radical (unpaired) electrons. The van der Waals surface area contributed by atoms with Crippen LogP contribution in [0.3, 0.4) is 0 Å². The van der Waals surface area contributed by atoms with Crippen LogP contribution in [-0.2, 0) is 0 Å². The Morgan fingerprint density at radius 2 is 2.13 bits per heavy atom. The number of H-pyrrole nitrogens is 2. The van der Waals surface area contributed by atoms with Crippen molar-refractivity contribution in [1.29, 1.82) is 0 Å². The van der Waals surface area contributed by atoms with Crippen LogP contribution in [0.15, 0.2) is 36.7 Å². The van der Waals surface area contributed by atoms with E-state index >= 15 is 0 Å². The van der Waals surface area contributed by atoms with E-state index in [4.69, 9.17) is 5.73 Å². The van der Waals surface area contributed by atoms with Crippen LogP contribution < -0.4 is 5.73 Å². The summed E-state index contributed by atoms with van der Waals surface area (Å²) in [6.07, 6.45) is 3.54. The zero-order valence-corrected chi connectivity index (χ0v) is 7.99. The summed E-state index contributed by atoms with van der Waals surface area (Å²) in [5.41, 5.74) is 9.55. The first-order valence-electron chi connectivity index (χ1n) is 4.71. The Balaban J connectivity index is 2.36. The minimum atomic E-state index is 0.670. The van der Waals surface area contributed by atoms with Crippen molar-refractivity contribution in [3.63, 3.8) is 0 Å². The summed E-state index contributed by atoms with van der Waals surface area (Å²) in [6, 6.07) is 8.09. The number of nitrogen functional groups attached to an aromatic ring is 1. The van der Waals surface area contributed by atoms with E-state index in [1.54, 1.807) is 6.20 Å². The van der Waals surface area contributed by atoms with Gasteiger partial charge >= 0.3 is 0 Å². The number of fused-ring (bicyclic) bond motifs is 1. The van der Waals surface area contributed by atoms with Gasteiger partial charge in [0.1, 0.15) is 0 Å². The number of benzene rings is 1. The number of nitrogens with two attached hydrogens (primary N) is 1. The lowest BCUT2D eigenvalue weighted by Crippen LogP contribution is -1.86. The first kappa shape index (κ1) is 8.11. The normalized spacial score (nSPS) is 10.9. The molecule has 2 aromatic heterocycles. The van der Waals surface area contributed by atoms with Crippen LogP contribution in [0.25, 0.3) is 22.2 Å². The van der Waals surface area contributed by atoms with Crippen molar-refractivity contribution in [2.75, 3.05) is 5.73 Å². The largest absolute Gasteiger partial charge is 0.396 e. The minimum absolute atomic E-state index is 0.670. The third-order valence-corrected chi connectivity index (χ3v) is 2.53. The van der Waals surface area contributed by atoms with Gasteiger partial charge in [0, 0.05) is 22.7 Å². The molecule has 0 saturated carbocycles. The molecule has 3 aromatic rings. The molecule has 3 rings (SSSR count). The molecule has 4 heteroatoms. The zero-order valence-electron chi connectivity index (χ0n) is 7.99. The van der Waals surface area contributed by atoms with Gasteiger partial charge in [-0.15, -0.1) is 0 Å². The quantitative estimate of drug-likeness (QED) is 0.560. The van der Waals surface area contributed by atoms with Gasteiger partial charge in [-0.2, -0.15) is 5.10 Å². The zero-order chi connectivity index (χ0) is 10.3. The Morgan fingerprint density at radius 1 is 1.20 bits per heavy atom.